The maximum absolute atomic E-state index is 12.4. The zero-order chi connectivity index (χ0) is 17.8. The summed E-state index contributed by atoms with van der Waals surface area (Å²) in [6.45, 7) is 2.32. The Labute approximate surface area is 149 Å². The number of hydrogen-bond acceptors (Lipinski definition) is 6. The number of ether oxygens (including phenoxy) is 2. The van der Waals surface area contributed by atoms with Crippen LogP contribution in [0.4, 0.5) is 0 Å². The summed E-state index contributed by atoms with van der Waals surface area (Å²) in [5.41, 5.74) is 1.38. The van der Waals surface area contributed by atoms with Crippen LogP contribution < -0.4 is 14.8 Å². The lowest BCUT2D eigenvalue weighted by Gasteiger charge is -2.09. The second kappa shape index (κ2) is 7.40. The van der Waals surface area contributed by atoms with Crippen LogP contribution in [-0.2, 0) is 6.54 Å². The summed E-state index contributed by atoms with van der Waals surface area (Å²) in [5.74, 6) is 1.64. The van der Waals surface area contributed by atoms with E-state index in [0.29, 0.717) is 23.6 Å². The van der Waals surface area contributed by atoms with Crippen molar-refractivity contribution in [3.8, 4) is 22.3 Å². The number of amides is 1. The summed E-state index contributed by atoms with van der Waals surface area (Å²) in [6.07, 6.45) is 1.62. The van der Waals surface area contributed by atoms with Gasteiger partial charge in [-0.1, -0.05) is 0 Å². The number of hydrogen-bond donors (Lipinski definition) is 1. The van der Waals surface area contributed by atoms with E-state index >= 15 is 0 Å². The Kier molecular flexibility index (Phi) is 5.04. The summed E-state index contributed by atoms with van der Waals surface area (Å²) in [7, 11) is 3.09. The van der Waals surface area contributed by atoms with E-state index < -0.39 is 0 Å². The zero-order valence-electron chi connectivity index (χ0n) is 14.2. The van der Waals surface area contributed by atoms with Crippen LogP contribution in [0.25, 0.3) is 10.8 Å². The van der Waals surface area contributed by atoms with Gasteiger partial charge in [0.15, 0.2) is 22.3 Å². The van der Waals surface area contributed by atoms with Crippen molar-refractivity contribution in [2.24, 2.45) is 0 Å². The van der Waals surface area contributed by atoms with Crippen LogP contribution in [0, 0.1) is 6.92 Å². The van der Waals surface area contributed by atoms with Crippen molar-refractivity contribution in [2.75, 3.05) is 14.2 Å². The van der Waals surface area contributed by atoms with E-state index in [9.17, 15) is 4.79 Å². The van der Waals surface area contributed by atoms with E-state index in [-0.39, 0.29) is 5.91 Å². The van der Waals surface area contributed by atoms with Gasteiger partial charge in [-0.05, 0) is 37.3 Å². The van der Waals surface area contributed by atoms with Gasteiger partial charge in [-0.2, -0.15) is 0 Å². The van der Waals surface area contributed by atoms with Crippen LogP contribution in [0.15, 0.2) is 41.0 Å². The molecule has 2 aromatic heterocycles. The molecule has 0 saturated heterocycles. The van der Waals surface area contributed by atoms with Gasteiger partial charge in [0.25, 0.3) is 5.91 Å². The third-order valence-corrected chi connectivity index (χ3v) is 4.85. The highest BCUT2D eigenvalue weighted by Crippen LogP contribution is 2.29. The third-order valence-electron chi connectivity index (χ3n) is 3.68. The summed E-state index contributed by atoms with van der Waals surface area (Å²) in [6, 6.07) is 8.75. The first kappa shape index (κ1) is 17.0. The molecular weight excluding hydrogens is 340 g/mol. The Morgan fingerprint density at radius 2 is 2.04 bits per heavy atom. The highest BCUT2D eigenvalue weighted by atomic mass is 32.1. The number of furan rings is 1. The lowest BCUT2D eigenvalue weighted by atomic mass is 10.2. The lowest BCUT2D eigenvalue weighted by molar-refractivity contribution is 0.0951. The second-order valence-electron chi connectivity index (χ2n) is 5.26. The molecule has 1 N–H and O–H groups in total. The Balaban J connectivity index is 1.70. The van der Waals surface area contributed by atoms with Crippen LogP contribution in [-0.4, -0.2) is 25.1 Å². The molecule has 0 unspecified atom stereocenters. The minimum Gasteiger partial charge on any atom is -0.493 e. The molecule has 2 heterocycles. The maximum atomic E-state index is 12.4. The first-order valence-corrected chi connectivity index (χ1v) is 8.44. The Hall–Kier alpha value is -2.80. The quantitative estimate of drug-likeness (QED) is 0.728. The number of aromatic nitrogens is 1. The third kappa shape index (κ3) is 3.66. The Bertz CT molecular complexity index is 871. The van der Waals surface area contributed by atoms with Gasteiger partial charge in [0, 0.05) is 10.4 Å². The van der Waals surface area contributed by atoms with E-state index in [2.05, 4.69) is 10.3 Å². The molecule has 0 aliphatic heterocycles. The normalized spacial score (nSPS) is 10.5. The van der Waals surface area contributed by atoms with E-state index in [1.165, 1.54) is 18.4 Å². The monoisotopic (exact) mass is 358 g/mol. The number of carbonyl (C=O) groups excluding carboxylic acids is 1. The minimum atomic E-state index is -0.187. The van der Waals surface area contributed by atoms with Gasteiger partial charge in [0.1, 0.15) is 0 Å². The number of methoxy groups -OCH3 is 2. The molecule has 0 fully saturated rings. The van der Waals surface area contributed by atoms with E-state index in [1.54, 1.807) is 31.6 Å². The number of nitrogens with zero attached hydrogens (tertiary/aromatic N) is 1. The first-order chi connectivity index (χ1) is 12.1. The van der Waals surface area contributed by atoms with Crippen molar-refractivity contribution in [1.29, 1.82) is 0 Å². The lowest BCUT2D eigenvalue weighted by Crippen LogP contribution is -2.22. The fourth-order valence-electron chi connectivity index (χ4n) is 2.34. The Morgan fingerprint density at radius 3 is 2.72 bits per heavy atom. The molecule has 0 saturated carbocycles. The molecule has 0 aliphatic rings. The molecule has 0 bridgehead atoms. The molecule has 25 heavy (non-hydrogen) atoms. The summed E-state index contributed by atoms with van der Waals surface area (Å²) >= 11 is 1.50. The minimum absolute atomic E-state index is 0.187. The van der Waals surface area contributed by atoms with Crippen LogP contribution in [0.5, 0.6) is 11.5 Å². The molecule has 130 valence electrons. The van der Waals surface area contributed by atoms with E-state index in [1.807, 2.05) is 19.1 Å². The van der Waals surface area contributed by atoms with Crippen LogP contribution in [0.3, 0.4) is 0 Å². The van der Waals surface area contributed by atoms with Crippen LogP contribution >= 0.6 is 11.3 Å². The van der Waals surface area contributed by atoms with Gasteiger partial charge < -0.3 is 19.2 Å². The highest BCUT2D eigenvalue weighted by Gasteiger charge is 2.14. The van der Waals surface area contributed by atoms with Crippen molar-refractivity contribution >= 4 is 17.2 Å². The van der Waals surface area contributed by atoms with Gasteiger partial charge in [-0.3, -0.25) is 4.79 Å². The standard InChI is InChI=1S/C18H18N2O4S/c1-11-16(25-18(20-11)14-5-4-8-24-14)10-19-17(21)12-6-7-13(22-2)15(9-12)23-3/h4-9H,10H2,1-3H3,(H,19,21). The predicted octanol–water partition coefficient (Wildman–Crippen LogP) is 3.66. The van der Waals surface area contributed by atoms with Gasteiger partial charge in [-0.15, -0.1) is 11.3 Å². The summed E-state index contributed by atoms with van der Waals surface area (Å²) in [4.78, 5) is 17.9. The number of carbonyl (C=O) groups is 1. The molecule has 3 aromatic rings. The van der Waals surface area contributed by atoms with Crippen molar-refractivity contribution < 1.29 is 18.7 Å². The smallest absolute Gasteiger partial charge is 0.251 e. The molecule has 0 radical (unpaired) electrons. The fourth-order valence-corrected chi connectivity index (χ4v) is 3.31. The summed E-state index contributed by atoms with van der Waals surface area (Å²) < 4.78 is 15.8. The van der Waals surface area contributed by atoms with Crippen LogP contribution in [0.1, 0.15) is 20.9 Å². The molecule has 0 spiro atoms. The van der Waals surface area contributed by atoms with E-state index in [4.69, 9.17) is 13.9 Å². The Morgan fingerprint density at radius 1 is 1.24 bits per heavy atom. The molecule has 1 amide bonds. The molecule has 0 aliphatic carbocycles. The highest BCUT2D eigenvalue weighted by molar-refractivity contribution is 7.15. The van der Waals surface area contributed by atoms with Crippen molar-refractivity contribution in [1.82, 2.24) is 10.3 Å². The number of rotatable bonds is 6. The molecule has 0 atom stereocenters. The maximum Gasteiger partial charge on any atom is 0.251 e. The van der Waals surface area contributed by atoms with Gasteiger partial charge in [0.05, 0.1) is 32.7 Å². The average molecular weight is 358 g/mol. The van der Waals surface area contributed by atoms with Gasteiger partial charge >= 0.3 is 0 Å². The van der Waals surface area contributed by atoms with E-state index in [0.717, 1.165) is 21.3 Å². The largest absolute Gasteiger partial charge is 0.493 e. The topological polar surface area (TPSA) is 73.6 Å². The SMILES string of the molecule is COc1ccc(C(=O)NCc2sc(-c3ccco3)nc2C)cc1OC. The average Bonchev–Trinajstić information content (AvgIpc) is 3.28. The van der Waals surface area contributed by atoms with Crippen molar-refractivity contribution in [3.63, 3.8) is 0 Å². The second-order valence-corrected chi connectivity index (χ2v) is 6.34. The molecule has 1 aromatic carbocycles. The number of nitrogens with one attached hydrogen (secondary N) is 1. The zero-order valence-corrected chi connectivity index (χ0v) is 15.0. The molecule has 3 rings (SSSR count). The van der Waals surface area contributed by atoms with Gasteiger partial charge in [0.2, 0.25) is 0 Å². The summed E-state index contributed by atoms with van der Waals surface area (Å²) in [5, 5.41) is 3.71. The number of benzene rings is 1. The molecular formula is C18H18N2O4S. The number of thiazole rings is 1. The van der Waals surface area contributed by atoms with Crippen molar-refractivity contribution in [3.05, 3.63) is 52.7 Å². The predicted molar refractivity (Wildman–Crippen MR) is 95.3 cm³/mol. The molecule has 6 nitrogen and oxygen atoms in total. The molecule has 7 heteroatoms. The number of aryl methyl sites for hydroxylation is 1. The van der Waals surface area contributed by atoms with Crippen molar-refractivity contribution in [2.45, 2.75) is 13.5 Å². The van der Waals surface area contributed by atoms with Gasteiger partial charge in [-0.25, -0.2) is 4.98 Å². The first-order valence-electron chi connectivity index (χ1n) is 7.62. The fraction of sp³-hybridized carbons (Fsp3) is 0.222. The van der Waals surface area contributed by atoms with Crippen LogP contribution in [0.2, 0.25) is 0 Å².